The molecule has 0 aliphatic heterocycles. The summed E-state index contributed by atoms with van der Waals surface area (Å²) in [7, 11) is 0. The predicted octanol–water partition coefficient (Wildman–Crippen LogP) is 4.01. The van der Waals surface area contributed by atoms with Crippen molar-refractivity contribution in [3.63, 3.8) is 0 Å². The summed E-state index contributed by atoms with van der Waals surface area (Å²) in [4.78, 5) is 14.9. The number of H-pyrrole nitrogens is 1. The van der Waals surface area contributed by atoms with Crippen molar-refractivity contribution < 1.29 is 9.53 Å². The third-order valence-corrected chi connectivity index (χ3v) is 3.30. The fourth-order valence-corrected chi connectivity index (χ4v) is 2.34. The Morgan fingerprint density at radius 3 is 2.70 bits per heavy atom. The zero-order valence-corrected chi connectivity index (χ0v) is 11.2. The van der Waals surface area contributed by atoms with Crippen LogP contribution in [0.2, 0.25) is 0 Å². The number of ether oxygens (including phenoxy) is 1. The van der Waals surface area contributed by atoms with E-state index in [1.54, 1.807) is 13.1 Å². The Labute approximate surface area is 117 Å². The van der Waals surface area contributed by atoms with Gasteiger partial charge in [-0.15, -0.1) is 0 Å². The van der Waals surface area contributed by atoms with E-state index in [0.29, 0.717) is 12.2 Å². The molecule has 0 saturated heterocycles. The highest BCUT2D eigenvalue weighted by atomic mass is 16.5. The van der Waals surface area contributed by atoms with E-state index >= 15 is 0 Å². The monoisotopic (exact) mass is 265 g/mol. The zero-order chi connectivity index (χ0) is 13.9. The summed E-state index contributed by atoms with van der Waals surface area (Å²) in [6, 6.07) is 14.3. The van der Waals surface area contributed by atoms with Crippen LogP contribution in [0.5, 0.6) is 0 Å². The topological polar surface area (TPSA) is 42.1 Å². The van der Waals surface area contributed by atoms with Gasteiger partial charge in [0, 0.05) is 18.0 Å². The first-order valence-corrected chi connectivity index (χ1v) is 6.62. The number of aromatic nitrogens is 1. The number of benzene rings is 2. The molecule has 2 aromatic carbocycles. The smallest absolute Gasteiger partial charge is 0.340 e. The molecule has 0 radical (unpaired) electrons. The highest BCUT2D eigenvalue weighted by molar-refractivity contribution is 5.98. The summed E-state index contributed by atoms with van der Waals surface area (Å²) in [5.74, 6) is -0.295. The molecule has 0 amide bonds. The lowest BCUT2D eigenvalue weighted by molar-refractivity contribution is 0.0527. The Morgan fingerprint density at radius 2 is 1.90 bits per heavy atom. The van der Waals surface area contributed by atoms with Crippen molar-refractivity contribution in [2.45, 2.75) is 6.92 Å². The summed E-state index contributed by atoms with van der Waals surface area (Å²) in [6.45, 7) is 2.18. The summed E-state index contributed by atoms with van der Waals surface area (Å²) in [5, 5.41) is 2.34. The Bertz CT molecular complexity index is 758. The lowest BCUT2D eigenvalue weighted by atomic mass is 10.0. The Hall–Kier alpha value is -2.55. The van der Waals surface area contributed by atoms with E-state index < -0.39 is 0 Å². The van der Waals surface area contributed by atoms with Crippen molar-refractivity contribution in [3.05, 3.63) is 60.4 Å². The molecule has 0 fully saturated rings. The molecule has 100 valence electrons. The maximum Gasteiger partial charge on any atom is 0.340 e. The highest BCUT2D eigenvalue weighted by Crippen LogP contribution is 2.27. The predicted molar refractivity (Wildman–Crippen MR) is 79.7 cm³/mol. The molecule has 3 heteroatoms. The largest absolute Gasteiger partial charge is 0.462 e. The number of carbonyl (C=O) groups excluding carboxylic acids is 1. The first kappa shape index (κ1) is 12.5. The third kappa shape index (κ3) is 2.18. The summed E-state index contributed by atoms with van der Waals surface area (Å²) in [5.41, 5.74) is 2.45. The van der Waals surface area contributed by atoms with Gasteiger partial charge in [-0.3, -0.25) is 0 Å². The molecule has 3 aromatic rings. The minimum Gasteiger partial charge on any atom is -0.462 e. The van der Waals surface area contributed by atoms with Gasteiger partial charge in [-0.25, -0.2) is 4.79 Å². The second-order valence-electron chi connectivity index (χ2n) is 4.57. The SMILES string of the molecule is CCOC(=O)c1c[nH]cc1-c1ccc2ccccc2c1. The van der Waals surface area contributed by atoms with E-state index in [2.05, 4.69) is 29.2 Å². The van der Waals surface area contributed by atoms with E-state index in [4.69, 9.17) is 4.74 Å². The maximum absolute atomic E-state index is 11.9. The van der Waals surface area contributed by atoms with Crippen molar-refractivity contribution >= 4 is 16.7 Å². The van der Waals surface area contributed by atoms with Crippen LogP contribution in [0.1, 0.15) is 17.3 Å². The van der Waals surface area contributed by atoms with Gasteiger partial charge in [0.2, 0.25) is 0 Å². The van der Waals surface area contributed by atoms with Gasteiger partial charge in [-0.05, 0) is 29.3 Å². The van der Waals surface area contributed by atoms with Crippen molar-refractivity contribution in [2.24, 2.45) is 0 Å². The van der Waals surface area contributed by atoms with Crippen LogP contribution in [0.25, 0.3) is 21.9 Å². The van der Waals surface area contributed by atoms with Crippen LogP contribution in [0.15, 0.2) is 54.9 Å². The van der Waals surface area contributed by atoms with Crippen molar-refractivity contribution in [2.75, 3.05) is 6.61 Å². The molecule has 0 aliphatic carbocycles. The van der Waals surface area contributed by atoms with Crippen molar-refractivity contribution in [3.8, 4) is 11.1 Å². The molecule has 1 heterocycles. The molecular formula is C17H15NO2. The van der Waals surface area contributed by atoms with E-state index in [1.807, 2.05) is 24.4 Å². The van der Waals surface area contributed by atoms with Gasteiger partial charge in [0.1, 0.15) is 0 Å². The Kier molecular flexibility index (Phi) is 3.25. The zero-order valence-electron chi connectivity index (χ0n) is 11.2. The molecule has 0 bridgehead atoms. The number of fused-ring (bicyclic) bond motifs is 1. The van der Waals surface area contributed by atoms with Crippen LogP contribution in [-0.4, -0.2) is 17.6 Å². The van der Waals surface area contributed by atoms with Gasteiger partial charge in [-0.2, -0.15) is 0 Å². The third-order valence-electron chi connectivity index (χ3n) is 3.30. The van der Waals surface area contributed by atoms with Crippen LogP contribution >= 0.6 is 0 Å². The van der Waals surface area contributed by atoms with E-state index in [-0.39, 0.29) is 5.97 Å². The van der Waals surface area contributed by atoms with Gasteiger partial charge in [-0.1, -0.05) is 36.4 Å². The molecule has 1 aromatic heterocycles. The lowest BCUT2D eigenvalue weighted by Gasteiger charge is -2.05. The molecule has 20 heavy (non-hydrogen) atoms. The quantitative estimate of drug-likeness (QED) is 0.727. The number of aromatic amines is 1. The number of hydrogen-bond donors (Lipinski definition) is 1. The summed E-state index contributed by atoms with van der Waals surface area (Å²) in [6.07, 6.45) is 3.51. The number of esters is 1. The highest BCUT2D eigenvalue weighted by Gasteiger charge is 2.14. The molecule has 1 N–H and O–H groups in total. The summed E-state index contributed by atoms with van der Waals surface area (Å²) >= 11 is 0. The average Bonchev–Trinajstić information content (AvgIpc) is 2.96. The summed E-state index contributed by atoms with van der Waals surface area (Å²) < 4.78 is 5.08. The average molecular weight is 265 g/mol. The fourth-order valence-electron chi connectivity index (χ4n) is 2.34. The minimum absolute atomic E-state index is 0.295. The van der Waals surface area contributed by atoms with Gasteiger partial charge < -0.3 is 9.72 Å². The molecule has 0 unspecified atom stereocenters. The molecule has 3 rings (SSSR count). The second kappa shape index (κ2) is 5.21. The molecule has 0 spiro atoms. The first-order chi connectivity index (χ1) is 9.79. The van der Waals surface area contributed by atoms with Crippen molar-refractivity contribution in [1.82, 2.24) is 4.98 Å². The fraction of sp³-hybridized carbons (Fsp3) is 0.118. The van der Waals surface area contributed by atoms with Crippen molar-refractivity contribution in [1.29, 1.82) is 0 Å². The second-order valence-corrected chi connectivity index (χ2v) is 4.57. The van der Waals surface area contributed by atoms with E-state index in [1.165, 1.54) is 5.39 Å². The van der Waals surface area contributed by atoms with Crippen LogP contribution < -0.4 is 0 Å². The van der Waals surface area contributed by atoms with Gasteiger partial charge in [0.25, 0.3) is 0 Å². The Balaban J connectivity index is 2.07. The molecule has 0 saturated carbocycles. The molecule has 0 atom stereocenters. The normalized spacial score (nSPS) is 10.7. The van der Waals surface area contributed by atoms with Gasteiger partial charge in [0.15, 0.2) is 0 Å². The van der Waals surface area contributed by atoms with Crippen LogP contribution in [0, 0.1) is 0 Å². The van der Waals surface area contributed by atoms with E-state index in [9.17, 15) is 4.79 Å². The number of carbonyl (C=O) groups is 1. The number of nitrogens with one attached hydrogen (secondary N) is 1. The standard InChI is InChI=1S/C17H15NO2/c1-2-20-17(19)16-11-18-10-15(16)14-8-7-12-5-3-4-6-13(12)9-14/h3-11,18H,2H2,1H3. The lowest BCUT2D eigenvalue weighted by Crippen LogP contribution is -2.04. The van der Waals surface area contributed by atoms with Gasteiger partial charge in [0.05, 0.1) is 12.2 Å². The van der Waals surface area contributed by atoms with Crippen LogP contribution in [0.4, 0.5) is 0 Å². The molecular weight excluding hydrogens is 250 g/mol. The van der Waals surface area contributed by atoms with Crippen LogP contribution in [0.3, 0.4) is 0 Å². The molecule has 0 aliphatic rings. The van der Waals surface area contributed by atoms with Crippen LogP contribution in [-0.2, 0) is 4.74 Å². The number of hydrogen-bond acceptors (Lipinski definition) is 2. The van der Waals surface area contributed by atoms with E-state index in [0.717, 1.165) is 16.5 Å². The minimum atomic E-state index is -0.295. The van der Waals surface area contributed by atoms with Gasteiger partial charge >= 0.3 is 5.97 Å². The maximum atomic E-state index is 11.9. The first-order valence-electron chi connectivity index (χ1n) is 6.62. The Morgan fingerprint density at radius 1 is 1.10 bits per heavy atom. The number of rotatable bonds is 3. The molecule has 3 nitrogen and oxygen atoms in total.